The first-order valence-electron chi connectivity index (χ1n) is 8.43. The number of hydrogen-bond donors (Lipinski definition) is 1. The number of halogens is 1. The molecule has 1 fully saturated rings. The van der Waals surface area contributed by atoms with Gasteiger partial charge in [-0.3, -0.25) is 9.69 Å². The Hall–Kier alpha value is -1.10. The molecular formula is C18H27ClN2O2. The van der Waals surface area contributed by atoms with E-state index in [-0.39, 0.29) is 18.1 Å². The molecule has 1 aromatic rings. The molecule has 1 N–H and O–H groups in total. The quantitative estimate of drug-likeness (QED) is 0.828. The third-order valence-electron chi connectivity index (χ3n) is 4.22. The summed E-state index contributed by atoms with van der Waals surface area (Å²) in [6.07, 6.45) is 4.58. The normalized spacial score (nSPS) is 19.6. The Labute approximate surface area is 144 Å². The number of rotatable bonds is 7. The number of likely N-dealkylation sites (N-methyl/N-ethyl adjacent to an activating group) is 1. The van der Waals surface area contributed by atoms with Crippen molar-refractivity contribution in [2.45, 2.75) is 44.8 Å². The maximum absolute atomic E-state index is 12.3. The molecule has 23 heavy (non-hydrogen) atoms. The monoisotopic (exact) mass is 338 g/mol. The van der Waals surface area contributed by atoms with Crippen molar-refractivity contribution in [2.75, 3.05) is 26.7 Å². The molecule has 2 atom stereocenters. The van der Waals surface area contributed by atoms with E-state index in [4.69, 9.17) is 16.3 Å². The molecule has 1 aromatic carbocycles. The van der Waals surface area contributed by atoms with E-state index in [2.05, 4.69) is 12.2 Å². The maximum Gasteiger partial charge on any atom is 0.234 e. The van der Waals surface area contributed by atoms with Gasteiger partial charge in [-0.1, -0.05) is 30.7 Å². The number of nitrogens with one attached hydrogen (secondary N) is 1. The van der Waals surface area contributed by atoms with Gasteiger partial charge in [0.15, 0.2) is 0 Å². The average molecular weight is 339 g/mol. The second-order valence-corrected chi connectivity index (χ2v) is 6.70. The van der Waals surface area contributed by atoms with Gasteiger partial charge in [-0.2, -0.15) is 0 Å². The lowest BCUT2D eigenvalue weighted by molar-refractivity contribution is -0.123. The highest BCUT2D eigenvalue weighted by Crippen LogP contribution is 2.19. The number of amides is 1. The van der Waals surface area contributed by atoms with E-state index in [1.54, 1.807) is 0 Å². The van der Waals surface area contributed by atoms with Crippen molar-refractivity contribution < 1.29 is 9.53 Å². The van der Waals surface area contributed by atoms with E-state index in [0.29, 0.717) is 11.6 Å². The summed E-state index contributed by atoms with van der Waals surface area (Å²) in [6.45, 7) is 4.12. The van der Waals surface area contributed by atoms with E-state index in [1.165, 1.54) is 6.42 Å². The Kier molecular flexibility index (Phi) is 7.34. The van der Waals surface area contributed by atoms with Crippen LogP contribution in [0.2, 0.25) is 5.02 Å². The molecule has 1 heterocycles. The van der Waals surface area contributed by atoms with Crippen molar-refractivity contribution in [3.63, 3.8) is 0 Å². The molecule has 0 saturated carbocycles. The molecule has 0 aromatic heterocycles. The molecule has 128 valence electrons. The average Bonchev–Trinajstić information content (AvgIpc) is 2.54. The summed E-state index contributed by atoms with van der Waals surface area (Å²) >= 11 is 5.92. The smallest absolute Gasteiger partial charge is 0.234 e. The standard InChI is InChI=1S/C18H27ClN2O2/c1-3-17(14-7-9-15(19)10-8-14)20-18(22)13-21(2)12-16-6-4-5-11-23-16/h7-10,16-17H,3-6,11-13H2,1-2H3,(H,20,22). The fourth-order valence-electron chi connectivity index (χ4n) is 2.96. The van der Waals surface area contributed by atoms with Crippen LogP contribution in [0.4, 0.5) is 0 Å². The lowest BCUT2D eigenvalue weighted by atomic mass is 10.0. The number of hydrogen-bond acceptors (Lipinski definition) is 3. The molecule has 0 radical (unpaired) electrons. The van der Waals surface area contributed by atoms with Crippen LogP contribution in [0.3, 0.4) is 0 Å². The van der Waals surface area contributed by atoms with Gasteiger partial charge in [-0.25, -0.2) is 0 Å². The van der Waals surface area contributed by atoms with Gasteiger partial charge in [0.05, 0.1) is 18.7 Å². The highest BCUT2D eigenvalue weighted by atomic mass is 35.5. The van der Waals surface area contributed by atoms with Gasteiger partial charge in [-0.05, 0) is 50.4 Å². The molecule has 1 aliphatic rings. The molecule has 2 unspecified atom stereocenters. The van der Waals surface area contributed by atoms with Crippen LogP contribution >= 0.6 is 11.6 Å². The molecule has 1 saturated heterocycles. The van der Waals surface area contributed by atoms with Gasteiger partial charge in [0.25, 0.3) is 0 Å². The molecule has 2 rings (SSSR count). The topological polar surface area (TPSA) is 41.6 Å². The lowest BCUT2D eigenvalue weighted by Crippen LogP contribution is -2.41. The highest BCUT2D eigenvalue weighted by molar-refractivity contribution is 6.30. The first kappa shape index (κ1) is 18.2. The number of ether oxygens (including phenoxy) is 1. The molecule has 1 aliphatic heterocycles. The highest BCUT2D eigenvalue weighted by Gasteiger charge is 2.18. The number of carbonyl (C=O) groups is 1. The maximum atomic E-state index is 12.3. The van der Waals surface area contributed by atoms with Crippen molar-refractivity contribution in [2.24, 2.45) is 0 Å². The van der Waals surface area contributed by atoms with Gasteiger partial charge in [0, 0.05) is 18.2 Å². The summed E-state index contributed by atoms with van der Waals surface area (Å²) in [5.74, 6) is 0.0464. The lowest BCUT2D eigenvalue weighted by Gasteiger charge is -2.27. The van der Waals surface area contributed by atoms with Crippen LogP contribution < -0.4 is 5.32 Å². The van der Waals surface area contributed by atoms with Crippen molar-refractivity contribution in [1.82, 2.24) is 10.2 Å². The Balaban J connectivity index is 1.80. The zero-order valence-corrected chi connectivity index (χ0v) is 14.8. The molecule has 5 heteroatoms. The van der Waals surface area contributed by atoms with Crippen LogP contribution in [0.5, 0.6) is 0 Å². The van der Waals surface area contributed by atoms with Crippen LogP contribution in [0.25, 0.3) is 0 Å². The molecular weight excluding hydrogens is 312 g/mol. The zero-order chi connectivity index (χ0) is 16.7. The fraction of sp³-hybridized carbons (Fsp3) is 0.611. The summed E-state index contributed by atoms with van der Waals surface area (Å²) < 4.78 is 5.73. The predicted molar refractivity (Wildman–Crippen MR) is 93.7 cm³/mol. The summed E-state index contributed by atoms with van der Waals surface area (Å²) in [4.78, 5) is 14.3. The van der Waals surface area contributed by atoms with Crippen LogP contribution in [-0.2, 0) is 9.53 Å². The molecule has 0 bridgehead atoms. The third-order valence-corrected chi connectivity index (χ3v) is 4.47. The van der Waals surface area contributed by atoms with Gasteiger partial charge in [0.1, 0.15) is 0 Å². The number of carbonyl (C=O) groups excluding carboxylic acids is 1. The second-order valence-electron chi connectivity index (χ2n) is 6.27. The molecule has 0 aliphatic carbocycles. The zero-order valence-electron chi connectivity index (χ0n) is 14.1. The second kappa shape index (κ2) is 9.26. The van der Waals surface area contributed by atoms with Gasteiger partial charge in [-0.15, -0.1) is 0 Å². The Morgan fingerprint density at radius 1 is 1.39 bits per heavy atom. The van der Waals surface area contributed by atoms with Gasteiger partial charge >= 0.3 is 0 Å². The molecule has 0 spiro atoms. The summed E-state index contributed by atoms with van der Waals surface area (Å²) in [6, 6.07) is 7.68. The third kappa shape index (κ3) is 6.13. The van der Waals surface area contributed by atoms with E-state index in [0.717, 1.165) is 38.0 Å². The van der Waals surface area contributed by atoms with Crippen LogP contribution in [-0.4, -0.2) is 43.7 Å². The molecule has 1 amide bonds. The summed E-state index contributed by atoms with van der Waals surface area (Å²) in [7, 11) is 1.97. The predicted octanol–water partition coefficient (Wildman–Crippen LogP) is 3.41. The Morgan fingerprint density at radius 3 is 2.74 bits per heavy atom. The minimum absolute atomic E-state index is 0.0269. The number of benzene rings is 1. The SMILES string of the molecule is CCC(NC(=O)CN(C)CC1CCCCO1)c1ccc(Cl)cc1. The minimum Gasteiger partial charge on any atom is -0.377 e. The van der Waals surface area contributed by atoms with Crippen LogP contribution in [0, 0.1) is 0 Å². The first-order chi connectivity index (χ1) is 11.1. The first-order valence-corrected chi connectivity index (χ1v) is 8.81. The summed E-state index contributed by atoms with van der Waals surface area (Å²) in [5, 5.41) is 3.82. The van der Waals surface area contributed by atoms with E-state index in [1.807, 2.05) is 36.2 Å². The van der Waals surface area contributed by atoms with Crippen LogP contribution in [0.1, 0.15) is 44.2 Å². The Morgan fingerprint density at radius 2 is 2.13 bits per heavy atom. The summed E-state index contributed by atoms with van der Waals surface area (Å²) in [5.41, 5.74) is 1.09. The fourth-order valence-corrected chi connectivity index (χ4v) is 3.09. The molecule has 4 nitrogen and oxygen atoms in total. The van der Waals surface area contributed by atoms with E-state index in [9.17, 15) is 4.79 Å². The van der Waals surface area contributed by atoms with Crippen LogP contribution in [0.15, 0.2) is 24.3 Å². The largest absolute Gasteiger partial charge is 0.377 e. The van der Waals surface area contributed by atoms with E-state index < -0.39 is 0 Å². The number of nitrogens with zero attached hydrogens (tertiary/aromatic N) is 1. The van der Waals surface area contributed by atoms with Crippen molar-refractivity contribution in [3.05, 3.63) is 34.9 Å². The Bertz CT molecular complexity index is 486. The van der Waals surface area contributed by atoms with E-state index >= 15 is 0 Å². The van der Waals surface area contributed by atoms with Crippen molar-refractivity contribution in [1.29, 1.82) is 0 Å². The van der Waals surface area contributed by atoms with Crippen molar-refractivity contribution >= 4 is 17.5 Å². The van der Waals surface area contributed by atoms with Gasteiger partial charge < -0.3 is 10.1 Å². The van der Waals surface area contributed by atoms with Gasteiger partial charge in [0.2, 0.25) is 5.91 Å². The minimum atomic E-state index is 0.0269. The van der Waals surface area contributed by atoms with Crippen molar-refractivity contribution in [3.8, 4) is 0 Å².